The molecule has 0 aliphatic carbocycles. The second-order valence-electron chi connectivity index (χ2n) is 6.10. The molecule has 1 saturated heterocycles. The van der Waals surface area contributed by atoms with Gasteiger partial charge < -0.3 is 10.0 Å². The lowest BCUT2D eigenvalue weighted by Gasteiger charge is -2.34. The van der Waals surface area contributed by atoms with Gasteiger partial charge in [0.1, 0.15) is 0 Å². The van der Waals surface area contributed by atoms with Crippen molar-refractivity contribution >= 4 is 11.3 Å². The number of aryl methyl sites for hydroxylation is 1. The van der Waals surface area contributed by atoms with E-state index in [2.05, 4.69) is 22.0 Å². The predicted octanol–water partition coefficient (Wildman–Crippen LogP) is 3.52. The molecule has 0 bridgehead atoms. The molecular weight excluding hydrogens is 292 g/mol. The monoisotopic (exact) mass is 316 g/mol. The summed E-state index contributed by atoms with van der Waals surface area (Å²) in [5.74, 6) is 0.424. The molecule has 1 N–H and O–H groups in total. The van der Waals surface area contributed by atoms with Crippen molar-refractivity contribution < 1.29 is 5.11 Å². The summed E-state index contributed by atoms with van der Waals surface area (Å²) >= 11 is 1.67. The maximum Gasteiger partial charge on any atom is 0.0910 e. The summed E-state index contributed by atoms with van der Waals surface area (Å²) in [5.41, 5.74) is 1.32. The van der Waals surface area contributed by atoms with Gasteiger partial charge in [-0.15, -0.1) is 11.3 Å². The second-order valence-corrected chi connectivity index (χ2v) is 7.08. The van der Waals surface area contributed by atoms with Crippen LogP contribution in [0.2, 0.25) is 0 Å². The number of rotatable bonds is 6. The van der Waals surface area contributed by atoms with E-state index >= 15 is 0 Å². The first kappa shape index (κ1) is 15.7. The maximum absolute atomic E-state index is 10.4. The van der Waals surface area contributed by atoms with Crippen LogP contribution in [0, 0.1) is 5.92 Å². The van der Waals surface area contributed by atoms with Crippen LogP contribution in [0.5, 0.6) is 0 Å². The summed E-state index contributed by atoms with van der Waals surface area (Å²) in [4.78, 5) is 7.82. The Morgan fingerprint density at radius 3 is 2.82 bits per heavy atom. The molecule has 1 atom stereocenters. The highest BCUT2D eigenvalue weighted by atomic mass is 32.1. The molecule has 0 spiro atoms. The molecule has 4 heteroatoms. The highest BCUT2D eigenvalue weighted by molar-refractivity contribution is 7.10. The molecule has 3 rings (SSSR count). The molecule has 0 aromatic carbocycles. The van der Waals surface area contributed by atoms with E-state index in [1.165, 1.54) is 12.0 Å². The Bertz CT molecular complexity index is 535. The molecule has 2 aromatic heterocycles. The summed E-state index contributed by atoms with van der Waals surface area (Å²) in [6, 6.07) is 8.23. The van der Waals surface area contributed by atoms with Crippen LogP contribution in [0.4, 0.5) is 0 Å². The van der Waals surface area contributed by atoms with Crippen molar-refractivity contribution in [2.45, 2.75) is 31.8 Å². The van der Waals surface area contributed by atoms with E-state index in [0.29, 0.717) is 5.92 Å². The molecular formula is C18H24N2OS. The summed E-state index contributed by atoms with van der Waals surface area (Å²) in [7, 11) is 0. The Morgan fingerprint density at radius 2 is 2.14 bits per heavy atom. The summed E-state index contributed by atoms with van der Waals surface area (Å²) in [6.07, 6.45) is 8.02. The fourth-order valence-electron chi connectivity index (χ4n) is 3.24. The molecule has 1 fully saturated rings. The van der Waals surface area contributed by atoms with E-state index in [1.807, 2.05) is 29.9 Å². The third-order valence-electron chi connectivity index (χ3n) is 4.58. The van der Waals surface area contributed by atoms with Gasteiger partial charge in [-0.2, -0.15) is 0 Å². The van der Waals surface area contributed by atoms with Crippen LogP contribution >= 0.6 is 11.3 Å². The Kier molecular flexibility index (Phi) is 5.59. The summed E-state index contributed by atoms with van der Waals surface area (Å²) < 4.78 is 0. The lowest BCUT2D eigenvalue weighted by Crippen LogP contribution is -2.36. The third kappa shape index (κ3) is 4.15. The topological polar surface area (TPSA) is 36.4 Å². The van der Waals surface area contributed by atoms with Crippen LogP contribution < -0.4 is 0 Å². The average molecular weight is 316 g/mol. The molecule has 3 nitrogen and oxygen atoms in total. The molecule has 0 saturated carbocycles. The van der Waals surface area contributed by atoms with Crippen molar-refractivity contribution in [2.75, 3.05) is 19.6 Å². The Balaban J connectivity index is 1.38. The van der Waals surface area contributed by atoms with Crippen molar-refractivity contribution in [3.05, 3.63) is 52.5 Å². The molecule has 0 radical (unpaired) electrons. The number of hydrogen-bond acceptors (Lipinski definition) is 4. The van der Waals surface area contributed by atoms with E-state index < -0.39 is 0 Å². The van der Waals surface area contributed by atoms with Gasteiger partial charge in [-0.25, -0.2) is 0 Å². The smallest absolute Gasteiger partial charge is 0.0910 e. The van der Waals surface area contributed by atoms with E-state index in [4.69, 9.17) is 0 Å². The first-order chi connectivity index (χ1) is 10.8. The molecule has 118 valence electrons. The quantitative estimate of drug-likeness (QED) is 0.886. The molecule has 1 aliphatic heterocycles. The van der Waals surface area contributed by atoms with Gasteiger partial charge in [0.05, 0.1) is 6.10 Å². The van der Waals surface area contributed by atoms with Crippen molar-refractivity contribution in [1.82, 2.24) is 9.88 Å². The lowest BCUT2D eigenvalue weighted by atomic mass is 9.90. The van der Waals surface area contributed by atoms with E-state index in [-0.39, 0.29) is 6.10 Å². The van der Waals surface area contributed by atoms with Crippen LogP contribution in [-0.4, -0.2) is 34.6 Å². The Labute approximate surface area is 136 Å². The summed E-state index contributed by atoms with van der Waals surface area (Å²) in [5, 5.41) is 12.5. The van der Waals surface area contributed by atoms with Crippen LogP contribution in [0.25, 0.3) is 0 Å². The molecule has 0 amide bonds. The van der Waals surface area contributed by atoms with Gasteiger partial charge in [-0.05, 0) is 74.3 Å². The van der Waals surface area contributed by atoms with Gasteiger partial charge in [0.15, 0.2) is 0 Å². The third-order valence-corrected chi connectivity index (χ3v) is 5.52. The number of likely N-dealkylation sites (tertiary alicyclic amines) is 1. The van der Waals surface area contributed by atoms with Gasteiger partial charge in [0, 0.05) is 17.3 Å². The zero-order valence-corrected chi connectivity index (χ0v) is 13.7. The molecule has 1 unspecified atom stereocenters. The summed E-state index contributed by atoms with van der Waals surface area (Å²) in [6.45, 7) is 3.37. The highest BCUT2D eigenvalue weighted by Gasteiger charge is 2.26. The number of aliphatic hydroxyl groups excluding tert-OH is 1. The van der Waals surface area contributed by atoms with Crippen molar-refractivity contribution in [3.63, 3.8) is 0 Å². The normalized spacial score (nSPS) is 18.4. The molecule has 2 aromatic rings. The fourth-order valence-corrected chi connectivity index (χ4v) is 4.04. The lowest BCUT2D eigenvalue weighted by molar-refractivity contribution is 0.0610. The largest absolute Gasteiger partial charge is 0.387 e. The van der Waals surface area contributed by atoms with Crippen molar-refractivity contribution in [2.24, 2.45) is 5.92 Å². The number of aromatic nitrogens is 1. The number of thiophene rings is 1. The minimum Gasteiger partial charge on any atom is -0.387 e. The number of hydrogen-bond donors (Lipinski definition) is 1. The van der Waals surface area contributed by atoms with Crippen molar-refractivity contribution in [3.8, 4) is 0 Å². The highest BCUT2D eigenvalue weighted by Crippen LogP contribution is 2.32. The standard InChI is InChI=1S/C18H24N2OS/c21-18(17-6-3-13-22-17)16-7-11-20(12-8-16)10-2-5-15-4-1-9-19-14-15/h1,3-4,6,9,13-14,16,18,21H,2,5,7-8,10-12H2. The first-order valence-electron chi connectivity index (χ1n) is 8.15. The van der Waals surface area contributed by atoms with Crippen LogP contribution in [0.1, 0.15) is 35.8 Å². The van der Waals surface area contributed by atoms with Crippen molar-refractivity contribution in [1.29, 1.82) is 0 Å². The Morgan fingerprint density at radius 1 is 1.27 bits per heavy atom. The number of piperidine rings is 1. The maximum atomic E-state index is 10.4. The van der Waals surface area contributed by atoms with Gasteiger partial charge >= 0.3 is 0 Å². The average Bonchev–Trinajstić information content (AvgIpc) is 3.10. The van der Waals surface area contributed by atoms with Gasteiger partial charge in [-0.1, -0.05) is 12.1 Å². The van der Waals surface area contributed by atoms with Gasteiger partial charge in [-0.3, -0.25) is 4.98 Å². The number of aliphatic hydroxyl groups is 1. The van der Waals surface area contributed by atoms with Crippen LogP contribution in [0.3, 0.4) is 0 Å². The minimum absolute atomic E-state index is 0.266. The van der Waals surface area contributed by atoms with Crippen LogP contribution in [0.15, 0.2) is 42.0 Å². The van der Waals surface area contributed by atoms with E-state index in [9.17, 15) is 5.11 Å². The molecule has 22 heavy (non-hydrogen) atoms. The second kappa shape index (κ2) is 7.86. The van der Waals surface area contributed by atoms with Gasteiger partial charge in [0.2, 0.25) is 0 Å². The van der Waals surface area contributed by atoms with E-state index in [0.717, 1.165) is 43.8 Å². The predicted molar refractivity (Wildman–Crippen MR) is 91.0 cm³/mol. The Hall–Kier alpha value is -1.23. The first-order valence-corrected chi connectivity index (χ1v) is 9.03. The number of nitrogens with zero attached hydrogens (tertiary/aromatic N) is 2. The van der Waals surface area contributed by atoms with Gasteiger partial charge in [0.25, 0.3) is 0 Å². The van der Waals surface area contributed by atoms with E-state index in [1.54, 1.807) is 11.3 Å². The zero-order chi connectivity index (χ0) is 15.2. The SMILES string of the molecule is OC(c1cccs1)C1CCN(CCCc2cccnc2)CC1. The molecule has 1 aliphatic rings. The minimum atomic E-state index is -0.266. The molecule has 3 heterocycles. The zero-order valence-electron chi connectivity index (χ0n) is 12.9. The fraction of sp³-hybridized carbons (Fsp3) is 0.500. The van der Waals surface area contributed by atoms with Crippen LogP contribution in [-0.2, 0) is 6.42 Å². The number of pyridine rings is 1.